The van der Waals surface area contributed by atoms with E-state index in [0.29, 0.717) is 82.7 Å². The van der Waals surface area contributed by atoms with Crippen LogP contribution in [0, 0.1) is 11.3 Å². The summed E-state index contributed by atoms with van der Waals surface area (Å²) in [6.07, 6.45) is 2.00. The molecule has 1 fully saturated rings. The second kappa shape index (κ2) is 12.3. The summed E-state index contributed by atoms with van der Waals surface area (Å²) < 4.78 is 49.9. The molecule has 41 heavy (non-hydrogen) atoms. The minimum absolute atomic E-state index is 0.0990. The molecule has 0 bridgehead atoms. The van der Waals surface area contributed by atoms with Crippen molar-refractivity contribution in [3.8, 4) is 34.8 Å². The molecule has 212 valence electrons. The van der Waals surface area contributed by atoms with Gasteiger partial charge in [-0.15, -0.1) is 0 Å². The minimum Gasteiger partial charge on any atom is -0.493 e. The Labute approximate surface area is 237 Å². The Balaban J connectivity index is 1.35. The highest BCUT2D eigenvalue weighted by Gasteiger charge is 2.37. The van der Waals surface area contributed by atoms with E-state index in [2.05, 4.69) is 16.4 Å². The van der Waals surface area contributed by atoms with Crippen LogP contribution in [0.1, 0.15) is 18.4 Å². The number of benzene rings is 3. The highest BCUT2D eigenvalue weighted by atomic mass is 19.3. The van der Waals surface area contributed by atoms with E-state index in [-0.39, 0.29) is 13.0 Å². The number of hydrogen-bond donors (Lipinski definition) is 1. The van der Waals surface area contributed by atoms with Gasteiger partial charge in [-0.3, -0.25) is 9.88 Å². The molecule has 5 rings (SSSR count). The molecule has 1 aliphatic rings. The molecule has 0 radical (unpaired) electrons. The number of fused-ring (bicyclic) bond motifs is 1. The molecule has 0 aliphatic carbocycles. The number of nitrogens with zero attached hydrogens (tertiary/aromatic N) is 3. The molecule has 1 aliphatic heterocycles. The van der Waals surface area contributed by atoms with E-state index in [4.69, 9.17) is 18.9 Å². The summed E-state index contributed by atoms with van der Waals surface area (Å²) in [6, 6.07) is 20.5. The maximum absolute atomic E-state index is 13.4. The Kier molecular flexibility index (Phi) is 8.36. The van der Waals surface area contributed by atoms with Crippen molar-refractivity contribution in [3.05, 3.63) is 72.4 Å². The Bertz CT molecular complexity index is 1570. The number of nitriles is 1. The molecule has 0 unspecified atom stereocenters. The smallest absolute Gasteiger partial charge is 0.261 e. The highest BCUT2D eigenvalue weighted by molar-refractivity contribution is 5.97. The van der Waals surface area contributed by atoms with Crippen molar-refractivity contribution in [2.75, 3.05) is 45.8 Å². The topological polar surface area (TPSA) is 88.9 Å². The second-order valence-electron chi connectivity index (χ2n) is 9.67. The molecule has 4 aromatic rings. The van der Waals surface area contributed by atoms with E-state index in [1.807, 2.05) is 48.5 Å². The fourth-order valence-corrected chi connectivity index (χ4v) is 4.77. The molecule has 1 aromatic heterocycles. The number of halogens is 2. The number of aromatic nitrogens is 1. The normalized spacial score (nSPS) is 14.4. The van der Waals surface area contributed by atoms with Crippen LogP contribution in [0.25, 0.3) is 10.9 Å². The lowest BCUT2D eigenvalue weighted by Gasteiger charge is -2.17. The van der Waals surface area contributed by atoms with Crippen molar-refractivity contribution in [2.24, 2.45) is 0 Å². The van der Waals surface area contributed by atoms with Crippen LogP contribution in [0.3, 0.4) is 0 Å². The first-order chi connectivity index (χ1) is 19.9. The molecule has 3 aromatic carbocycles. The molecule has 0 saturated carbocycles. The molecule has 1 saturated heterocycles. The van der Waals surface area contributed by atoms with Crippen LogP contribution in [0.15, 0.2) is 66.9 Å². The van der Waals surface area contributed by atoms with E-state index in [1.54, 1.807) is 24.1 Å². The zero-order chi connectivity index (χ0) is 28.8. The van der Waals surface area contributed by atoms with Gasteiger partial charge in [0.1, 0.15) is 11.8 Å². The van der Waals surface area contributed by atoms with Crippen LogP contribution in [-0.2, 0) is 0 Å². The molecule has 10 heteroatoms. The third-order valence-electron chi connectivity index (χ3n) is 6.80. The number of pyridine rings is 1. The lowest BCUT2D eigenvalue weighted by molar-refractivity contribution is 0.0118. The van der Waals surface area contributed by atoms with E-state index in [0.717, 1.165) is 0 Å². The van der Waals surface area contributed by atoms with Crippen LogP contribution >= 0.6 is 0 Å². The Morgan fingerprint density at radius 2 is 1.80 bits per heavy atom. The summed E-state index contributed by atoms with van der Waals surface area (Å²) >= 11 is 0. The van der Waals surface area contributed by atoms with Crippen molar-refractivity contribution in [2.45, 2.75) is 18.8 Å². The molecule has 0 atom stereocenters. The summed E-state index contributed by atoms with van der Waals surface area (Å²) in [5, 5.41) is 13.8. The van der Waals surface area contributed by atoms with Crippen LogP contribution in [0.2, 0.25) is 0 Å². The molecule has 1 N–H and O–H groups in total. The molecule has 0 spiro atoms. The number of para-hydroxylation sites is 2. The van der Waals surface area contributed by atoms with E-state index in [9.17, 15) is 14.0 Å². The predicted octanol–water partition coefficient (Wildman–Crippen LogP) is 6.77. The van der Waals surface area contributed by atoms with E-state index in [1.165, 1.54) is 13.3 Å². The highest BCUT2D eigenvalue weighted by Crippen LogP contribution is 2.38. The largest absolute Gasteiger partial charge is 0.493 e. The number of likely N-dealkylation sites (tertiary alicyclic amines) is 1. The predicted molar refractivity (Wildman–Crippen MR) is 152 cm³/mol. The van der Waals surface area contributed by atoms with Crippen LogP contribution in [0.5, 0.6) is 28.7 Å². The third-order valence-corrected chi connectivity index (χ3v) is 6.80. The first-order valence-corrected chi connectivity index (χ1v) is 13.2. The van der Waals surface area contributed by atoms with Gasteiger partial charge in [0.2, 0.25) is 0 Å². The zero-order valence-corrected chi connectivity index (χ0v) is 22.8. The van der Waals surface area contributed by atoms with Gasteiger partial charge >= 0.3 is 0 Å². The van der Waals surface area contributed by atoms with Gasteiger partial charge in [0.15, 0.2) is 23.0 Å². The number of alkyl halides is 2. The summed E-state index contributed by atoms with van der Waals surface area (Å²) in [4.78, 5) is 6.21. The molecule has 8 nitrogen and oxygen atoms in total. The van der Waals surface area contributed by atoms with Crippen LogP contribution in [-0.4, -0.2) is 56.3 Å². The van der Waals surface area contributed by atoms with Gasteiger partial charge in [-0.2, -0.15) is 5.26 Å². The summed E-state index contributed by atoms with van der Waals surface area (Å²) in [6.45, 7) is 1.05. The van der Waals surface area contributed by atoms with Gasteiger partial charge < -0.3 is 24.3 Å². The van der Waals surface area contributed by atoms with Gasteiger partial charge in [-0.1, -0.05) is 18.2 Å². The first kappa shape index (κ1) is 27.9. The Morgan fingerprint density at radius 3 is 2.54 bits per heavy atom. The minimum atomic E-state index is -2.61. The van der Waals surface area contributed by atoms with Crippen molar-refractivity contribution >= 4 is 22.3 Å². The van der Waals surface area contributed by atoms with E-state index >= 15 is 0 Å². The van der Waals surface area contributed by atoms with Crippen molar-refractivity contribution in [1.29, 1.82) is 5.26 Å². The lowest BCUT2D eigenvalue weighted by Crippen LogP contribution is -2.27. The van der Waals surface area contributed by atoms with Gasteiger partial charge in [-0.05, 0) is 36.8 Å². The summed E-state index contributed by atoms with van der Waals surface area (Å²) in [5.74, 6) is 0.129. The first-order valence-electron chi connectivity index (χ1n) is 13.2. The molecular weight excluding hydrogens is 530 g/mol. The number of hydrogen-bond acceptors (Lipinski definition) is 8. The van der Waals surface area contributed by atoms with Crippen molar-refractivity contribution in [3.63, 3.8) is 0 Å². The second-order valence-corrected chi connectivity index (χ2v) is 9.67. The molecule has 2 heterocycles. The van der Waals surface area contributed by atoms with Gasteiger partial charge in [-0.25, -0.2) is 8.78 Å². The van der Waals surface area contributed by atoms with Gasteiger partial charge in [0, 0.05) is 48.9 Å². The third kappa shape index (κ3) is 6.58. The number of rotatable bonds is 11. The number of ether oxygens (including phenoxy) is 4. The average molecular weight is 561 g/mol. The average Bonchev–Trinajstić information content (AvgIpc) is 3.33. The van der Waals surface area contributed by atoms with Gasteiger partial charge in [0.25, 0.3) is 5.92 Å². The Morgan fingerprint density at radius 1 is 1.00 bits per heavy atom. The Hall–Kier alpha value is -4.62. The van der Waals surface area contributed by atoms with Crippen molar-refractivity contribution in [1.82, 2.24) is 9.88 Å². The van der Waals surface area contributed by atoms with E-state index < -0.39 is 5.92 Å². The molecule has 0 amide bonds. The fourth-order valence-electron chi connectivity index (χ4n) is 4.77. The monoisotopic (exact) mass is 560 g/mol. The maximum atomic E-state index is 13.4. The molecular formula is C31H30F2N4O4. The standard InChI is InChI=1S/C31H30F2N4O4/c1-38-26-9-3-4-10-27(26)41-23-8-5-7-22(15-23)36-30-21(18-34)19-35-25-17-29(28(39-2)16-24(25)30)40-14-6-12-37-13-11-31(32,33)20-37/h3-5,7-10,15-17,19H,6,11-14,20H2,1-2H3,(H,35,36). The SMILES string of the molecule is COc1cc2c(Nc3cccc(Oc4ccccc4OC)c3)c(C#N)cnc2cc1OCCCN1CCC(F)(F)C1. The van der Waals surface area contributed by atoms with Crippen LogP contribution in [0.4, 0.5) is 20.2 Å². The van der Waals surface area contributed by atoms with Crippen LogP contribution < -0.4 is 24.3 Å². The lowest BCUT2D eigenvalue weighted by atomic mass is 10.1. The van der Waals surface area contributed by atoms with Gasteiger partial charge in [0.05, 0.1) is 44.1 Å². The zero-order valence-electron chi connectivity index (χ0n) is 22.8. The van der Waals surface area contributed by atoms with Crippen molar-refractivity contribution < 1.29 is 27.7 Å². The summed E-state index contributed by atoms with van der Waals surface area (Å²) in [7, 11) is 3.12. The number of anilines is 2. The summed E-state index contributed by atoms with van der Waals surface area (Å²) in [5.41, 5.74) is 2.22. The number of nitrogens with one attached hydrogen (secondary N) is 1. The fraction of sp³-hybridized carbons (Fsp3) is 0.290. The quantitative estimate of drug-likeness (QED) is 0.201. The number of methoxy groups -OCH3 is 2. The maximum Gasteiger partial charge on any atom is 0.261 e.